The first kappa shape index (κ1) is 32.0. The van der Waals surface area contributed by atoms with Gasteiger partial charge in [0.2, 0.25) is 11.8 Å². The smallest absolute Gasteiger partial charge is 0.309 e. The van der Waals surface area contributed by atoms with Gasteiger partial charge in [-0.05, 0) is 42.4 Å². The van der Waals surface area contributed by atoms with Gasteiger partial charge < -0.3 is 20.5 Å². The molecule has 0 aliphatic carbocycles. The van der Waals surface area contributed by atoms with Crippen LogP contribution >= 0.6 is 0 Å². The number of carbonyl (C=O) groups excluding carboxylic acids is 3. The SMILES string of the molecule is C=CCC(C(=O)N[C@@H](CO)Cc1ccccc1)C(=O)N[C@H](COC(=O)[C@H](CC=C)Cc1ccccc1)c1ccccc1. The van der Waals surface area contributed by atoms with Crippen molar-refractivity contribution in [3.05, 3.63) is 133 Å². The Bertz CT molecular complexity index is 1280. The Morgan fingerprint density at radius 1 is 0.738 bits per heavy atom. The zero-order valence-electron chi connectivity index (χ0n) is 23.9. The largest absolute Gasteiger partial charge is 0.463 e. The summed E-state index contributed by atoms with van der Waals surface area (Å²) in [5, 5.41) is 15.6. The molecule has 0 spiro atoms. The van der Waals surface area contributed by atoms with Gasteiger partial charge in [0.25, 0.3) is 0 Å². The minimum atomic E-state index is -1.08. The van der Waals surface area contributed by atoms with Crippen LogP contribution in [0, 0.1) is 11.8 Å². The third kappa shape index (κ3) is 10.2. The maximum absolute atomic E-state index is 13.5. The summed E-state index contributed by atoms with van der Waals surface area (Å²) in [6.07, 6.45) is 4.68. The lowest BCUT2D eigenvalue weighted by Gasteiger charge is -2.25. The number of hydrogen-bond donors (Lipinski definition) is 3. The normalized spacial score (nSPS) is 13.5. The zero-order valence-corrected chi connectivity index (χ0v) is 23.9. The number of carbonyl (C=O) groups is 3. The van der Waals surface area contributed by atoms with Crippen LogP contribution in [0.2, 0.25) is 0 Å². The molecule has 3 aromatic carbocycles. The summed E-state index contributed by atoms with van der Waals surface area (Å²) < 4.78 is 5.74. The van der Waals surface area contributed by atoms with Crippen LogP contribution in [0.15, 0.2) is 116 Å². The number of ether oxygens (including phenoxy) is 1. The third-order valence-electron chi connectivity index (χ3n) is 6.95. The van der Waals surface area contributed by atoms with Crippen LogP contribution < -0.4 is 10.6 Å². The molecule has 7 heteroatoms. The molecule has 0 radical (unpaired) electrons. The molecule has 0 heterocycles. The lowest BCUT2D eigenvalue weighted by molar-refractivity contribution is -0.150. The number of benzene rings is 3. The van der Waals surface area contributed by atoms with E-state index in [1.165, 1.54) is 6.08 Å². The van der Waals surface area contributed by atoms with Crippen molar-refractivity contribution in [2.24, 2.45) is 11.8 Å². The number of amides is 2. The van der Waals surface area contributed by atoms with Gasteiger partial charge in [0.15, 0.2) is 0 Å². The fourth-order valence-corrected chi connectivity index (χ4v) is 4.69. The molecule has 0 aromatic heterocycles. The van der Waals surface area contributed by atoms with Crippen molar-refractivity contribution < 1.29 is 24.2 Å². The van der Waals surface area contributed by atoms with Gasteiger partial charge in [0.1, 0.15) is 12.5 Å². The lowest BCUT2D eigenvalue weighted by Crippen LogP contribution is -2.47. The molecule has 1 unspecified atom stereocenters. The van der Waals surface area contributed by atoms with E-state index in [0.29, 0.717) is 19.3 Å². The van der Waals surface area contributed by atoms with E-state index in [0.717, 1.165) is 16.7 Å². The topological polar surface area (TPSA) is 105 Å². The van der Waals surface area contributed by atoms with E-state index in [1.54, 1.807) is 6.08 Å². The highest BCUT2D eigenvalue weighted by Gasteiger charge is 2.30. The molecule has 0 saturated carbocycles. The molecule has 3 aromatic rings. The predicted molar refractivity (Wildman–Crippen MR) is 164 cm³/mol. The van der Waals surface area contributed by atoms with Crippen LogP contribution in [-0.4, -0.2) is 42.1 Å². The first-order chi connectivity index (χ1) is 20.4. The van der Waals surface area contributed by atoms with Crippen LogP contribution in [0.25, 0.3) is 0 Å². The number of nitrogens with one attached hydrogen (secondary N) is 2. The molecular formula is C35H40N2O5. The van der Waals surface area contributed by atoms with Gasteiger partial charge in [-0.2, -0.15) is 0 Å². The van der Waals surface area contributed by atoms with Gasteiger partial charge in [-0.1, -0.05) is 103 Å². The predicted octanol–water partition coefficient (Wildman–Crippen LogP) is 4.73. The molecule has 0 fully saturated rings. The molecule has 0 aliphatic heterocycles. The van der Waals surface area contributed by atoms with Crippen molar-refractivity contribution in [2.45, 2.75) is 37.8 Å². The number of aliphatic hydroxyl groups excluding tert-OH is 1. The average Bonchev–Trinajstić information content (AvgIpc) is 3.02. The Labute approximate surface area is 248 Å². The molecule has 7 nitrogen and oxygen atoms in total. The summed E-state index contributed by atoms with van der Waals surface area (Å²) in [5.41, 5.74) is 2.70. The monoisotopic (exact) mass is 568 g/mol. The quantitative estimate of drug-likeness (QED) is 0.124. The van der Waals surface area contributed by atoms with Crippen LogP contribution in [0.1, 0.15) is 35.6 Å². The molecule has 0 bridgehead atoms. The minimum Gasteiger partial charge on any atom is -0.463 e. The highest BCUT2D eigenvalue weighted by molar-refractivity contribution is 6.00. The summed E-state index contributed by atoms with van der Waals surface area (Å²) >= 11 is 0. The second-order valence-electron chi connectivity index (χ2n) is 10.2. The molecule has 2 amide bonds. The number of hydrogen-bond acceptors (Lipinski definition) is 5. The zero-order chi connectivity index (χ0) is 30.2. The fourth-order valence-electron chi connectivity index (χ4n) is 4.69. The first-order valence-electron chi connectivity index (χ1n) is 14.2. The highest BCUT2D eigenvalue weighted by atomic mass is 16.5. The van der Waals surface area contributed by atoms with Gasteiger partial charge in [0, 0.05) is 0 Å². The summed E-state index contributed by atoms with van der Waals surface area (Å²) in [6, 6.07) is 27.1. The van der Waals surface area contributed by atoms with Crippen molar-refractivity contribution >= 4 is 17.8 Å². The van der Waals surface area contributed by atoms with Crippen LogP contribution in [-0.2, 0) is 32.0 Å². The maximum atomic E-state index is 13.5. The fraction of sp³-hybridized carbons (Fsp3) is 0.286. The number of aliphatic hydroxyl groups is 1. The van der Waals surface area contributed by atoms with Crippen molar-refractivity contribution in [3.8, 4) is 0 Å². The molecular weight excluding hydrogens is 528 g/mol. The summed E-state index contributed by atoms with van der Waals surface area (Å²) in [4.78, 5) is 39.8. The second kappa shape index (κ2) is 17.4. The second-order valence-corrected chi connectivity index (χ2v) is 10.2. The standard InChI is InChI=1S/C35H40N2O5/c1-3-14-29(22-26-16-8-5-9-17-26)35(41)42-25-32(28-20-12-7-13-21-28)37-34(40)31(15-4-2)33(39)36-30(24-38)23-27-18-10-6-11-19-27/h3-13,16-21,29-32,38H,1-2,14-15,22-25H2,(H,36,39)(H,37,40)/t29-,30-,31?,32-/m1/s1. The minimum absolute atomic E-state index is 0.0981. The molecule has 3 N–H and O–H groups in total. The molecule has 42 heavy (non-hydrogen) atoms. The Kier molecular flexibility index (Phi) is 13.2. The summed E-state index contributed by atoms with van der Waals surface area (Å²) in [7, 11) is 0. The van der Waals surface area contributed by atoms with E-state index >= 15 is 0 Å². The van der Waals surface area contributed by atoms with Gasteiger partial charge in [-0.25, -0.2) is 0 Å². The van der Waals surface area contributed by atoms with Gasteiger partial charge in [-0.3, -0.25) is 14.4 Å². The molecule has 4 atom stereocenters. The van der Waals surface area contributed by atoms with E-state index in [-0.39, 0.29) is 25.6 Å². The molecule has 0 saturated heterocycles. The van der Waals surface area contributed by atoms with Gasteiger partial charge in [0.05, 0.1) is 24.6 Å². The van der Waals surface area contributed by atoms with Crippen molar-refractivity contribution in [3.63, 3.8) is 0 Å². The van der Waals surface area contributed by atoms with Gasteiger partial charge >= 0.3 is 5.97 Å². The van der Waals surface area contributed by atoms with Crippen molar-refractivity contribution in [2.75, 3.05) is 13.2 Å². The number of esters is 1. The first-order valence-corrected chi connectivity index (χ1v) is 14.2. The van der Waals surface area contributed by atoms with E-state index in [4.69, 9.17) is 4.74 Å². The Morgan fingerprint density at radius 3 is 1.81 bits per heavy atom. The van der Waals surface area contributed by atoms with E-state index in [2.05, 4.69) is 23.8 Å². The van der Waals surface area contributed by atoms with Crippen LogP contribution in [0.3, 0.4) is 0 Å². The molecule has 0 aliphatic rings. The van der Waals surface area contributed by atoms with Crippen LogP contribution in [0.4, 0.5) is 0 Å². The van der Waals surface area contributed by atoms with Gasteiger partial charge in [-0.15, -0.1) is 13.2 Å². The van der Waals surface area contributed by atoms with E-state index in [9.17, 15) is 19.5 Å². The average molecular weight is 569 g/mol. The van der Waals surface area contributed by atoms with Crippen molar-refractivity contribution in [1.82, 2.24) is 10.6 Å². The van der Waals surface area contributed by atoms with E-state index in [1.807, 2.05) is 91.0 Å². The Morgan fingerprint density at radius 2 is 1.26 bits per heavy atom. The Balaban J connectivity index is 1.70. The van der Waals surface area contributed by atoms with E-state index < -0.39 is 35.7 Å². The van der Waals surface area contributed by atoms with Crippen molar-refractivity contribution in [1.29, 1.82) is 0 Å². The Hall–Kier alpha value is -4.49. The number of rotatable bonds is 17. The molecule has 220 valence electrons. The van der Waals surface area contributed by atoms with Crippen LogP contribution in [0.5, 0.6) is 0 Å². The lowest BCUT2D eigenvalue weighted by atomic mass is 9.96. The summed E-state index contributed by atoms with van der Waals surface area (Å²) in [5.74, 6) is -2.93. The third-order valence-corrected chi connectivity index (χ3v) is 6.95. The highest BCUT2D eigenvalue weighted by Crippen LogP contribution is 2.19. The summed E-state index contributed by atoms with van der Waals surface area (Å²) in [6.45, 7) is 7.12. The maximum Gasteiger partial charge on any atom is 0.309 e. The number of allylic oxidation sites excluding steroid dienone is 2. The molecule has 3 rings (SSSR count).